The van der Waals surface area contributed by atoms with E-state index in [9.17, 15) is 19.8 Å². The molecule has 1 rings (SSSR count). The van der Waals surface area contributed by atoms with Gasteiger partial charge in [0, 0.05) is 24.0 Å². The first-order valence-corrected chi connectivity index (χ1v) is 10.5. The standard InChI is InChI=1S/C25H32O4/c1-4-7-8-9-10-11-15-20-16-12-13-17-21(20)18-14-19-22(5-2)25(6-3,23(26)27)24(28)29/h12-13,16-17,22H,4-10,19H2,1-3H3,(H,26,27)(H,28,29). The van der Waals surface area contributed by atoms with Gasteiger partial charge in [-0.3, -0.25) is 9.59 Å². The molecule has 0 aliphatic rings. The Hall–Kier alpha value is -2.72. The Bertz CT molecular complexity index is 787. The van der Waals surface area contributed by atoms with Crippen molar-refractivity contribution in [3.05, 3.63) is 35.4 Å². The lowest BCUT2D eigenvalue weighted by Crippen LogP contribution is -2.45. The Morgan fingerprint density at radius 2 is 1.52 bits per heavy atom. The number of carboxylic acid groups (broad SMARTS) is 2. The van der Waals surface area contributed by atoms with Gasteiger partial charge in [0.25, 0.3) is 0 Å². The largest absolute Gasteiger partial charge is 0.480 e. The lowest BCUT2D eigenvalue weighted by Gasteiger charge is -2.30. The molecule has 1 unspecified atom stereocenters. The van der Waals surface area contributed by atoms with Gasteiger partial charge in [0.2, 0.25) is 0 Å². The summed E-state index contributed by atoms with van der Waals surface area (Å²) in [6.07, 6.45) is 6.24. The van der Waals surface area contributed by atoms with Crippen LogP contribution in [-0.4, -0.2) is 22.2 Å². The highest BCUT2D eigenvalue weighted by Gasteiger charge is 2.50. The number of aliphatic carboxylic acids is 2. The van der Waals surface area contributed by atoms with Crippen molar-refractivity contribution in [2.24, 2.45) is 11.3 Å². The number of benzene rings is 1. The minimum Gasteiger partial charge on any atom is -0.480 e. The van der Waals surface area contributed by atoms with Crippen LogP contribution in [-0.2, 0) is 9.59 Å². The maximum Gasteiger partial charge on any atom is 0.321 e. The summed E-state index contributed by atoms with van der Waals surface area (Å²) in [5.74, 6) is 9.32. The second-order valence-corrected chi connectivity index (χ2v) is 7.20. The fraction of sp³-hybridized carbons (Fsp3) is 0.520. The molecule has 0 aromatic heterocycles. The summed E-state index contributed by atoms with van der Waals surface area (Å²) in [4.78, 5) is 23.5. The zero-order chi connectivity index (χ0) is 21.7. The lowest BCUT2D eigenvalue weighted by molar-refractivity contribution is -0.169. The molecule has 0 heterocycles. The SMILES string of the molecule is CCCCCCC#Cc1ccccc1C#CCC(CC)C(CC)(C(=O)O)C(=O)O. The summed E-state index contributed by atoms with van der Waals surface area (Å²) < 4.78 is 0. The Labute approximate surface area is 174 Å². The van der Waals surface area contributed by atoms with Gasteiger partial charge in [-0.2, -0.15) is 0 Å². The van der Waals surface area contributed by atoms with Crippen molar-refractivity contribution in [3.8, 4) is 23.7 Å². The molecular weight excluding hydrogens is 364 g/mol. The van der Waals surface area contributed by atoms with Crippen LogP contribution < -0.4 is 0 Å². The van der Waals surface area contributed by atoms with Crippen LogP contribution in [0, 0.1) is 35.0 Å². The molecule has 1 aromatic rings. The van der Waals surface area contributed by atoms with Crippen LogP contribution >= 0.6 is 0 Å². The van der Waals surface area contributed by atoms with Crippen LogP contribution in [0.4, 0.5) is 0 Å². The third kappa shape index (κ3) is 6.68. The summed E-state index contributed by atoms with van der Waals surface area (Å²) in [6, 6.07) is 7.61. The van der Waals surface area contributed by atoms with Crippen LogP contribution in [0.1, 0.15) is 83.3 Å². The van der Waals surface area contributed by atoms with E-state index in [1.807, 2.05) is 24.3 Å². The smallest absolute Gasteiger partial charge is 0.321 e. The third-order valence-corrected chi connectivity index (χ3v) is 5.39. The second-order valence-electron chi connectivity index (χ2n) is 7.20. The first-order valence-electron chi connectivity index (χ1n) is 10.5. The number of carboxylic acids is 2. The highest BCUT2D eigenvalue weighted by molar-refractivity contribution is 5.98. The van der Waals surface area contributed by atoms with Crippen molar-refractivity contribution in [2.75, 3.05) is 0 Å². The molecular formula is C25H32O4. The van der Waals surface area contributed by atoms with E-state index < -0.39 is 23.3 Å². The van der Waals surface area contributed by atoms with Crippen LogP contribution in [0.2, 0.25) is 0 Å². The van der Waals surface area contributed by atoms with E-state index in [1.54, 1.807) is 13.8 Å². The predicted molar refractivity (Wildman–Crippen MR) is 115 cm³/mol. The van der Waals surface area contributed by atoms with E-state index in [0.717, 1.165) is 24.0 Å². The fourth-order valence-corrected chi connectivity index (χ4v) is 3.47. The van der Waals surface area contributed by atoms with Gasteiger partial charge in [-0.05, 0) is 30.9 Å². The number of unbranched alkanes of at least 4 members (excludes halogenated alkanes) is 4. The van der Waals surface area contributed by atoms with E-state index in [4.69, 9.17) is 0 Å². The molecule has 0 aliphatic carbocycles. The van der Waals surface area contributed by atoms with Gasteiger partial charge in [0.1, 0.15) is 0 Å². The number of carbonyl (C=O) groups is 2. The molecule has 0 amide bonds. The van der Waals surface area contributed by atoms with Crippen molar-refractivity contribution in [2.45, 2.75) is 72.1 Å². The van der Waals surface area contributed by atoms with Crippen LogP contribution in [0.15, 0.2) is 24.3 Å². The monoisotopic (exact) mass is 396 g/mol. The maximum atomic E-state index is 11.7. The Kier molecular flexibility index (Phi) is 10.6. The number of hydrogen-bond acceptors (Lipinski definition) is 2. The van der Waals surface area contributed by atoms with Crippen molar-refractivity contribution in [3.63, 3.8) is 0 Å². The topological polar surface area (TPSA) is 74.6 Å². The second kappa shape index (κ2) is 12.7. The summed E-state index contributed by atoms with van der Waals surface area (Å²) >= 11 is 0. The zero-order valence-corrected chi connectivity index (χ0v) is 17.8. The number of hydrogen-bond donors (Lipinski definition) is 2. The molecule has 1 atom stereocenters. The quantitative estimate of drug-likeness (QED) is 0.318. The molecule has 4 nitrogen and oxygen atoms in total. The first-order chi connectivity index (χ1) is 13.9. The third-order valence-electron chi connectivity index (χ3n) is 5.39. The normalized spacial score (nSPS) is 11.6. The van der Waals surface area contributed by atoms with E-state index in [0.29, 0.717) is 6.42 Å². The minimum absolute atomic E-state index is 0.0257. The van der Waals surface area contributed by atoms with E-state index in [1.165, 1.54) is 19.3 Å². The number of rotatable bonds is 10. The summed E-state index contributed by atoms with van der Waals surface area (Å²) in [5, 5.41) is 19.2. The Morgan fingerprint density at radius 1 is 0.931 bits per heavy atom. The molecule has 2 N–H and O–H groups in total. The van der Waals surface area contributed by atoms with Crippen molar-refractivity contribution >= 4 is 11.9 Å². The van der Waals surface area contributed by atoms with E-state index in [2.05, 4.69) is 30.6 Å². The maximum absolute atomic E-state index is 11.7. The van der Waals surface area contributed by atoms with Crippen LogP contribution in [0.3, 0.4) is 0 Å². The average molecular weight is 397 g/mol. The molecule has 0 aliphatic heterocycles. The minimum atomic E-state index is -1.80. The highest BCUT2D eigenvalue weighted by atomic mass is 16.4. The predicted octanol–water partition coefficient (Wildman–Crippen LogP) is 5.34. The average Bonchev–Trinajstić information content (AvgIpc) is 2.70. The van der Waals surface area contributed by atoms with Gasteiger partial charge in [-0.1, -0.05) is 82.3 Å². The van der Waals surface area contributed by atoms with Crippen molar-refractivity contribution in [1.29, 1.82) is 0 Å². The summed E-state index contributed by atoms with van der Waals surface area (Å²) in [6.45, 7) is 5.59. The van der Waals surface area contributed by atoms with Gasteiger partial charge in [0.15, 0.2) is 5.41 Å². The molecule has 4 heteroatoms. The first kappa shape index (κ1) is 24.3. The van der Waals surface area contributed by atoms with Crippen LogP contribution in [0.5, 0.6) is 0 Å². The molecule has 0 fully saturated rings. The molecule has 29 heavy (non-hydrogen) atoms. The molecule has 0 saturated heterocycles. The summed E-state index contributed by atoms with van der Waals surface area (Å²) in [7, 11) is 0. The fourth-order valence-electron chi connectivity index (χ4n) is 3.47. The molecule has 0 radical (unpaired) electrons. The molecule has 0 saturated carbocycles. The van der Waals surface area contributed by atoms with Crippen molar-refractivity contribution in [1.82, 2.24) is 0 Å². The zero-order valence-electron chi connectivity index (χ0n) is 17.8. The van der Waals surface area contributed by atoms with E-state index >= 15 is 0 Å². The van der Waals surface area contributed by atoms with Gasteiger partial charge in [-0.15, -0.1) is 0 Å². The lowest BCUT2D eigenvalue weighted by atomic mass is 9.70. The molecule has 0 bridgehead atoms. The molecule has 1 aromatic carbocycles. The van der Waals surface area contributed by atoms with E-state index in [-0.39, 0.29) is 12.8 Å². The molecule has 156 valence electrons. The van der Waals surface area contributed by atoms with Crippen LogP contribution in [0.25, 0.3) is 0 Å². The molecule has 0 spiro atoms. The Balaban J connectivity index is 2.96. The van der Waals surface area contributed by atoms with Gasteiger partial charge < -0.3 is 10.2 Å². The van der Waals surface area contributed by atoms with Gasteiger partial charge >= 0.3 is 11.9 Å². The van der Waals surface area contributed by atoms with Gasteiger partial charge in [0.05, 0.1) is 0 Å². The van der Waals surface area contributed by atoms with Crippen molar-refractivity contribution < 1.29 is 19.8 Å². The summed E-state index contributed by atoms with van der Waals surface area (Å²) in [5.41, 5.74) is -0.167. The highest BCUT2D eigenvalue weighted by Crippen LogP contribution is 2.37. The Morgan fingerprint density at radius 3 is 2.00 bits per heavy atom. The van der Waals surface area contributed by atoms with Gasteiger partial charge in [-0.25, -0.2) is 0 Å².